The van der Waals surface area contributed by atoms with E-state index in [4.69, 9.17) is 9.47 Å². The average Bonchev–Trinajstić information content (AvgIpc) is 2.70. The summed E-state index contributed by atoms with van der Waals surface area (Å²) in [6, 6.07) is 9.92. The minimum Gasteiger partial charge on any atom is -0.462 e. The van der Waals surface area contributed by atoms with Crippen molar-refractivity contribution in [3.8, 4) is 0 Å². The van der Waals surface area contributed by atoms with Gasteiger partial charge in [-0.2, -0.15) is 0 Å². The summed E-state index contributed by atoms with van der Waals surface area (Å²) in [5, 5.41) is 3.41. The third-order valence-electron chi connectivity index (χ3n) is 4.68. The van der Waals surface area contributed by atoms with Crippen LogP contribution in [0.2, 0.25) is 0 Å². The largest absolute Gasteiger partial charge is 0.462 e. The molecule has 0 aliphatic carbocycles. The number of ether oxygens (including phenoxy) is 2. The van der Waals surface area contributed by atoms with Crippen LogP contribution in [0.1, 0.15) is 30.1 Å². The van der Waals surface area contributed by atoms with Crippen molar-refractivity contribution in [3.63, 3.8) is 0 Å². The molecular formula is C20H26N4O3. The number of esters is 1. The number of carbonyl (C=O) groups is 1. The summed E-state index contributed by atoms with van der Waals surface area (Å²) in [6.45, 7) is 3.70. The van der Waals surface area contributed by atoms with E-state index >= 15 is 0 Å². The Labute approximate surface area is 159 Å². The zero-order valence-corrected chi connectivity index (χ0v) is 15.8. The molecule has 1 fully saturated rings. The Balaban J connectivity index is 1.67. The van der Waals surface area contributed by atoms with Crippen LogP contribution in [-0.4, -0.2) is 54.9 Å². The van der Waals surface area contributed by atoms with Crippen LogP contribution in [-0.2, 0) is 9.47 Å². The van der Waals surface area contributed by atoms with Gasteiger partial charge in [-0.1, -0.05) is 0 Å². The van der Waals surface area contributed by atoms with Gasteiger partial charge in [0.05, 0.1) is 24.8 Å². The number of hydrogen-bond acceptors (Lipinski definition) is 7. The number of nitrogens with zero attached hydrogens (tertiary/aromatic N) is 3. The maximum atomic E-state index is 11.8. The molecule has 1 aromatic heterocycles. The van der Waals surface area contributed by atoms with Crippen LogP contribution in [0.5, 0.6) is 0 Å². The first kappa shape index (κ1) is 19.1. The van der Waals surface area contributed by atoms with Crippen molar-refractivity contribution in [2.45, 2.75) is 31.8 Å². The quantitative estimate of drug-likeness (QED) is 0.751. The smallest absolute Gasteiger partial charge is 0.338 e. The van der Waals surface area contributed by atoms with E-state index in [1.165, 1.54) is 0 Å². The molecule has 0 unspecified atom stereocenters. The molecule has 7 nitrogen and oxygen atoms in total. The van der Waals surface area contributed by atoms with Crippen molar-refractivity contribution >= 4 is 17.6 Å². The second-order valence-electron chi connectivity index (χ2n) is 6.51. The van der Waals surface area contributed by atoms with Crippen LogP contribution < -0.4 is 10.2 Å². The standard InChI is InChI=1S/C20H26N4O3/c1-3-27-19(25)15-5-7-17(8-6-15)24-12-9-16(13-18(24)14-26-2)23-20-21-10-4-11-22-20/h4-8,10-11,16,18H,3,9,12-14H2,1-2H3,(H,21,22,23)/t16-,18+/m0/s1. The fourth-order valence-electron chi connectivity index (χ4n) is 3.43. The summed E-state index contributed by atoms with van der Waals surface area (Å²) in [5.41, 5.74) is 1.65. The number of benzene rings is 1. The molecule has 2 atom stereocenters. The Hall–Kier alpha value is -2.67. The Morgan fingerprint density at radius 1 is 1.26 bits per heavy atom. The SMILES string of the molecule is CCOC(=O)c1ccc(N2CC[C@H](Nc3ncccn3)C[C@@H]2COC)cc1. The Kier molecular flexibility index (Phi) is 6.59. The summed E-state index contributed by atoms with van der Waals surface area (Å²) in [5.74, 6) is 0.370. The third kappa shape index (κ3) is 4.95. The number of rotatable bonds is 7. The summed E-state index contributed by atoms with van der Waals surface area (Å²) < 4.78 is 10.5. The fraction of sp³-hybridized carbons (Fsp3) is 0.450. The highest BCUT2D eigenvalue weighted by molar-refractivity contribution is 5.89. The van der Waals surface area contributed by atoms with E-state index in [9.17, 15) is 4.79 Å². The van der Waals surface area contributed by atoms with Gasteiger partial charge < -0.3 is 19.7 Å². The van der Waals surface area contributed by atoms with Gasteiger partial charge in [-0.05, 0) is 50.1 Å². The van der Waals surface area contributed by atoms with E-state index < -0.39 is 0 Å². The lowest BCUT2D eigenvalue weighted by Gasteiger charge is -2.41. The third-order valence-corrected chi connectivity index (χ3v) is 4.68. The average molecular weight is 370 g/mol. The van der Waals surface area contributed by atoms with Crippen LogP contribution in [0, 0.1) is 0 Å². The lowest BCUT2D eigenvalue weighted by Crippen LogP contribution is -2.48. The highest BCUT2D eigenvalue weighted by Crippen LogP contribution is 2.27. The molecule has 0 saturated carbocycles. The van der Waals surface area contributed by atoms with Crippen LogP contribution in [0.4, 0.5) is 11.6 Å². The van der Waals surface area contributed by atoms with E-state index in [-0.39, 0.29) is 12.0 Å². The Bertz CT molecular complexity index is 724. The van der Waals surface area contributed by atoms with E-state index in [2.05, 4.69) is 20.2 Å². The van der Waals surface area contributed by atoms with Crippen LogP contribution in [0.15, 0.2) is 42.7 Å². The predicted molar refractivity (Wildman–Crippen MR) is 104 cm³/mol. The first-order valence-electron chi connectivity index (χ1n) is 9.27. The molecule has 3 rings (SSSR count). The molecule has 0 amide bonds. The summed E-state index contributed by atoms with van der Waals surface area (Å²) in [6.07, 6.45) is 5.37. The van der Waals surface area contributed by atoms with Crippen LogP contribution in [0.3, 0.4) is 0 Å². The zero-order chi connectivity index (χ0) is 19.1. The maximum absolute atomic E-state index is 11.8. The summed E-state index contributed by atoms with van der Waals surface area (Å²) in [7, 11) is 1.72. The molecule has 0 spiro atoms. The normalized spacial score (nSPS) is 19.6. The molecule has 7 heteroatoms. The number of piperidine rings is 1. The topological polar surface area (TPSA) is 76.6 Å². The van der Waals surface area contributed by atoms with Crippen molar-refractivity contribution in [2.24, 2.45) is 0 Å². The van der Waals surface area contributed by atoms with Gasteiger partial charge >= 0.3 is 5.97 Å². The molecule has 1 aliphatic heterocycles. The van der Waals surface area contributed by atoms with E-state index in [1.807, 2.05) is 30.3 Å². The monoisotopic (exact) mass is 370 g/mol. The molecule has 144 valence electrons. The molecule has 2 heterocycles. The van der Waals surface area contributed by atoms with Gasteiger partial charge in [-0.15, -0.1) is 0 Å². The van der Waals surface area contributed by atoms with Gasteiger partial charge in [0.25, 0.3) is 0 Å². The molecule has 2 aromatic rings. The zero-order valence-electron chi connectivity index (χ0n) is 15.8. The van der Waals surface area contributed by atoms with E-state index in [0.29, 0.717) is 30.8 Å². The van der Waals surface area contributed by atoms with Crippen LogP contribution >= 0.6 is 0 Å². The second-order valence-corrected chi connectivity index (χ2v) is 6.51. The number of anilines is 2. The van der Waals surface area contributed by atoms with Gasteiger partial charge in [0.2, 0.25) is 5.95 Å². The van der Waals surface area contributed by atoms with Crippen molar-refractivity contribution < 1.29 is 14.3 Å². The molecule has 0 bridgehead atoms. The number of methoxy groups -OCH3 is 1. The molecule has 1 N–H and O–H groups in total. The molecule has 1 saturated heterocycles. The molecule has 1 aliphatic rings. The number of carbonyl (C=O) groups excluding carboxylic acids is 1. The van der Waals surface area contributed by atoms with E-state index in [1.54, 1.807) is 26.4 Å². The summed E-state index contributed by atoms with van der Waals surface area (Å²) >= 11 is 0. The van der Waals surface area contributed by atoms with Gasteiger partial charge in [0, 0.05) is 37.8 Å². The maximum Gasteiger partial charge on any atom is 0.338 e. The summed E-state index contributed by atoms with van der Waals surface area (Å²) in [4.78, 5) is 22.7. The minimum atomic E-state index is -0.289. The molecule has 0 radical (unpaired) electrons. The number of aromatic nitrogens is 2. The molecule has 27 heavy (non-hydrogen) atoms. The van der Waals surface area contributed by atoms with Crippen molar-refractivity contribution in [1.82, 2.24) is 9.97 Å². The predicted octanol–water partition coefficient (Wildman–Crippen LogP) is 2.75. The number of hydrogen-bond donors (Lipinski definition) is 1. The first-order valence-corrected chi connectivity index (χ1v) is 9.27. The van der Waals surface area contributed by atoms with Crippen molar-refractivity contribution in [3.05, 3.63) is 48.3 Å². The molecule has 1 aromatic carbocycles. The van der Waals surface area contributed by atoms with Gasteiger partial charge in [0.15, 0.2) is 0 Å². The van der Waals surface area contributed by atoms with Crippen molar-refractivity contribution in [1.29, 1.82) is 0 Å². The lowest BCUT2D eigenvalue weighted by molar-refractivity contribution is 0.0526. The van der Waals surface area contributed by atoms with Gasteiger partial charge in [-0.25, -0.2) is 14.8 Å². The highest BCUT2D eigenvalue weighted by atomic mass is 16.5. The van der Waals surface area contributed by atoms with Crippen molar-refractivity contribution in [2.75, 3.05) is 37.1 Å². The second kappa shape index (κ2) is 9.32. The number of nitrogens with one attached hydrogen (secondary N) is 1. The highest BCUT2D eigenvalue weighted by Gasteiger charge is 2.29. The van der Waals surface area contributed by atoms with Crippen LogP contribution in [0.25, 0.3) is 0 Å². The Morgan fingerprint density at radius 3 is 2.67 bits per heavy atom. The van der Waals surface area contributed by atoms with Gasteiger partial charge in [-0.3, -0.25) is 0 Å². The molecular weight excluding hydrogens is 344 g/mol. The lowest BCUT2D eigenvalue weighted by atomic mass is 9.96. The minimum absolute atomic E-state index is 0.235. The van der Waals surface area contributed by atoms with Gasteiger partial charge in [0.1, 0.15) is 0 Å². The first-order chi connectivity index (χ1) is 13.2. The fourth-order valence-corrected chi connectivity index (χ4v) is 3.43. The Morgan fingerprint density at radius 2 is 2.00 bits per heavy atom. The van der Waals surface area contributed by atoms with E-state index in [0.717, 1.165) is 25.1 Å².